The molecule has 0 aliphatic heterocycles. The minimum Gasteiger partial charge on any atom is -0.355 e. The molecule has 0 spiro atoms. The molecular formula is C12H17BrN2O. The SMILES string of the molecule is CCNC(=O)CN(C)Cc1ccc(Br)cc1. The van der Waals surface area contributed by atoms with Crippen molar-refractivity contribution in [2.24, 2.45) is 0 Å². The molecule has 0 heterocycles. The molecule has 0 aliphatic carbocycles. The minimum atomic E-state index is 0.0714. The van der Waals surface area contributed by atoms with E-state index in [9.17, 15) is 4.79 Å². The van der Waals surface area contributed by atoms with E-state index in [0.717, 1.165) is 11.0 Å². The summed E-state index contributed by atoms with van der Waals surface area (Å²) in [7, 11) is 1.94. The Labute approximate surface area is 105 Å². The summed E-state index contributed by atoms with van der Waals surface area (Å²) in [6, 6.07) is 8.13. The molecule has 1 N–H and O–H groups in total. The molecule has 4 heteroatoms. The number of halogens is 1. The van der Waals surface area contributed by atoms with Gasteiger partial charge in [-0.1, -0.05) is 28.1 Å². The zero-order valence-corrected chi connectivity index (χ0v) is 11.3. The third-order valence-electron chi connectivity index (χ3n) is 2.15. The van der Waals surface area contributed by atoms with Crippen LogP contribution in [0.3, 0.4) is 0 Å². The van der Waals surface area contributed by atoms with E-state index in [-0.39, 0.29) is 5.91 Å². The minimum absolute atomic E-state index is 0.0714. The first-order valence-electron chi connectivity index (χ1n) is 5.31. The molecule has 1 rings (SSSR count). The van der Waals surface area contributed by atoms with E-state index in [1.807, 2.05) is 31.0 Å². The van der Waals surface area contributed by atoms with Crippen molar-refractivity contribution in [1.29, 1.82) is 0 Å². The Balaban J connectivity index is 2.42. The Hall–Kier alpha value is -0.870. The van der Waals surface area contributed by atoms with E-state index in [1.165, 1.54) is 5.56 Å². The first-order valence-corrected chi connectivity index (χ1v) is 6.10. The molecule has 1 aromatic rings. The van der Waals surface area contributed by atoms with Crippen LogP contribution in [0, 0.1) is 0 Å². The summed E-state index contributed by atoms with van der Waals surface area (Å²) < 4.78 is 1.07. The molecule has 1 aromatic carbocycles. The van der Waals surface area contributed by atoms with Crippen LogP contribution >= 0.6 is 15.9 Å². The van der Waals surface area contributed by atoms with Gasteiger partial charge in [0.2, 0.25) is 5.91 Å². The number of rotatable bonds is 5. The van der Waals surface area contributed by atoms with Crippen molar-refractivity contribution in [2.75, 3.05) is 20.1 Å². The lowest BCUT2D eigenvalue weighted by Crippen LogP contribution is -2.34. The van der Waals surface area contributed by atoms with Gasteiger partial charge in [0.1, 0.15) is 0 Å². The fraction of sp³-hybridized carbons (Fsp3) is 0.417. The predicted molar refractivity (Wildman–Crippen MR) is 69.2 cm³/mol. The van der Waals surface area contributed by atoms with Crippen LogP contribution in [-0.2, 0) is 11.3 Å². The lowest BCUT2D eigenvalue weighted by atomic mass is 10.2. The highest BCUT2D eigenvalue weighted by Gasteiger charge is 2.05. The van der Waals surface area contributed by atoms with Gasteiger partial charge in [0.15, 0.2) is 0 Å². The number of hydrogen-bond acceptors (Lipinski definition) is 2. The molecule has 0 radical (unpaired) electrons. The quantitative estimate of drug-likeness (QED) is 0.897. The second-order valence-electron chi connectivity index (χ2n) is 3.75. The first kappa shape index (κ1) is 13.2. The average Bonchev–Trinajstić information content (AvgIpc) is 2.21. The van der Waals surface area contributed by atoms with E-state index in [0.29, 0.717) is 13.1 Å². The smallest absolute Gasteiger partial charge is 0.234 e. The van der Waals surface area contributed by atoms with Crippen LogP contribution < -0.4 is 5.32 Å². The van der Waals surface area contributed by atoms with Gasteiger partial charge in [0.05, 0.1) is 6.54 Å². The molecule has 88 valence electrons. The van der Waals surface area contributed by atoms with Gasteiger partial charge in [-0.25, -0.2) is 0 Å². The van der Waals surface area contributed by atoms with Crippen molar-refractivity contribution < 1.29 is 4.79 Å². The van der Waals surface area contributed by atoms with Gasteiger partial charge in [-0.15, -0.1) is 0 Å². The van der Waals surface area contributed by atoms with Crippen molar-refractivity contribution in [1.82, 2.24) is 10.2 Å². The largest absolute Gasteiger partial charge is 0.355 e. The van der Waals surface area contributed by atoms with Crippen LogP contribution in [0.2, 0.25) is 0 Å². The molecule has 3 nitrogen and oxygen atoms in total. The summed E-state index contributed by atoms with van der Waals surface area (Å²) >= 11 is 3.39. The van der Waals surface area contributed by atoms with Crippen LogP contribution in [0.5, 0.6) is 0 Å². The van der Waals surface area contributed by atoms with Crippen molar-refractivity contribution >= 4 is 21.8 Å². The number of carbonyl (C=O) groups excluding carboxylic acids is 1. The van der Waals surface area contributed by atoms with Gasteiger partial charge in [-0.05, 0) is 31.7 Å². The van der Waals surface area contributed by atoms with Crippen LogP contribution in [-0.4, -0.2) is 30.9 Å². The van der Waals surface area contributed by atoms with Gasteiger partial charge in [0, 0.05) is 17.6 Å². The number of amides is 1. The Morgan fingerprint density at radius 1 is 1.38 bits per heavy atom. The first-order chi connectivity index (χ1) is 7.61. The highest BCUT2D eigenvalue weighted by Crippen LogP contribution is 2.11. The Morgan fingerprint density at radius 2 is 2.00 bits per heavy atom. The van der Waals surface area contributed by atoms with Gasteiger partial charge < -0.3 is 5.32 Å². The van der Waals surface area contributed by atoms with Crippen molar-refractivity contribution in [3.63, 3.8) is 0 Å². The topological polar surface area (TPSA) is 32.3 Å². The fourth-order valence-corrected chi connectivity index (χ4v) is 1.72. The molecule has 16 heavy (non-hydrogen) atoms. The van der Waals surface area contributed by atoms with E-state index in [2.05, 4.69) is 33.4 Å². The van der Waals surface area contributed by atoms with E-state index in [4.69, 9.17) is 0 Å². The van der Waals surface area contributed by atoms with Crippen LogP contribution in [0.15, 0.2) is 28.7 Å². The van der Waals surface area contributed by atoms with E-state index >= 15 is 0 Å². The molecule has 0 fully saturated rings. The van der Waals surface area contributed by atoms with Gasteiger partial charge in [-0.2, -0.15) is 0 Å². The Morgan fingerprint density at radius 3 is 2.56 bits per heavy atom. The third-order valence-corrected chi connectivity index (χ3v) is 2.68. The lowest BCUT2D eigenvalue weighted by molar-refractivity contribution is -0.121. The maximum absolute atomic E-state index is 11.3. The monoisotopic (exact) mass is 284 g/mol. The zero-order valence-electron chi connectivity index (χ0n) is 9.66. The van der Waals surface area contributed by atoms with E-state index < -0.39 is 0 Å². The number of carbonyl (C=O) groups is 1. The summed E-state index contributed by atoms with van der Waals surface area (Å²) in [6.45, 7) is 3.83. The summed E-state index contributed by atoms with van der Waals surface area (Å²) in [5.74, 6) is 0.0714. The van der Waals surface area contributed by atoms with Crippen LogP contribution in [0.1, 0.15) is 12.5 Å². The Kier molecular flexibility index (Phi) is 5.49. The third kappa shape index (κ3) is 4.77. The number of nitrogens with one attached hydrogen (secondary N) is 1. The van der Waals surface area contributed by atoms with E-state index in [1.54, 1.807) is 0 Å². The number of likely N-dealkylation sites (N-methyl/N-ethyl adjacent to an activating group) is 2. The van der Waals surface area contributed by atoms with Gasteiger partial charge >= 0.3 is 0 Å². The highest BCUT2D eigenvalue weighted by atomic mass is 79.9. The van der Waals surface area contributed by atoms with Gasteiger partial charge in [0.25, 0.3) is 0 Å². The Bertz CT molecular complexity index is 337. The summed E-state index contributed by atoms with van der Waals surface area (Å²) in [5, 5.41) is 2.78. The average molecular weight is 285 g/mol. The maximum atomic E-state index is 11.3. The number of hydrogen-bond donors (Lipinski definition) is 1. The molecule has 0 unspecified atom stereocenters. The number of nitrogens with zero attached hydrogens (tertiary/aromatic N) is 1. The second kappa shape index (κ2) is 6.66. The molecule has 0 aromatic heterocycles. The molecule has 0 saturated carbocycles. The highest BCUT2D eigenvalue weighted by molar-refractivity contribution is 9.10. The molecule has 0 atom stereocenters. The van der Waals surface area contributed by atoms with Crippen LogP contribution in [0.25, 0.3) is 0 Å². The van der Waals surface area contributed by atoms with Crippen molar-refractivity contribution in [2.45, 2.75) is 13.5 Å². The summed E-state index contributed by atoms with van der Waals surface area (Å²) in [4.78, 5) is 13.3. The summed E-state index contributed by atoms with van der Waals surface area (Å²) in [6.07, 6.45) is 0. The summed E-state index contributed by atoms with van der Waals surface area (Å²) in [5.41, 5.74) is 1.20. The lowest BCUT2D eigenvalue weighted by Gasteiger charge is -2.15. The fourth-order valence-electron chi connectivity index (χ4n) is 1.46. The van der Waals surface area contributed by atoms with Crippen molar-refractivity contribution in [3.8, 4) is 0 Å². The molecule has 0 saturated heterocycles. The molecule has 0 aliphatic rings. The van der Waals surface area contributed by atoms with Crippen molar-refractivity contribution in [3.05, 3.63) is 34.3 Å². The molecule has 1 amide bonds. The van der Waals surface area contributed by atoms with Gasteiger partial charge in [-0.3, -0.25) is 9.69 Å². The normalized spacial score (nSPS) is 10.5. The zero-order chi connectivity index (χ0) is 12.0. The predicted octanol–water partition coefficient (Wildman–Crippen LogP) is 2.02. The second-order valence-corrected chi connectivity index (χ2v) is 4.67. The molecular weight excluding hydrogens is 268 g/mol. The number of benzene rings is 1. The standard InChI is InChI=1S/C12H17BrN2O/c1-3-14-12(16)9-15(2)8-10-4-6-11(13)7-5-10/h4-7H,3,8-9H2,1-2H3,(H,14,16). The van der Waals surface area contributed by atoms with Crippen LogP contribution in [0.4, 0.5) is 0 Å². The maximum Gasteiger partial charge on any atom is 0.234 e. The molecule has 0 bridgehead atoms.